The molecule has 0 aliphatic heterocycles. The van der Waals surface area contributed by atoms with Crippen molar-refractivity contribution in [2.24, 2.45) is 0 Å². The molecule has 0 bridgehead atoms. The van der Waals surface area contributed by atoms with Gasteiger partial charge in [-0.1, -0.05) is 0 Å². The van der Waals surface area contributed by atoms with Crippen molar-refractivity contribution in [2.45, 2.75) is 65.0 Å². The van der Waals surface area contributed by atoms with Gasteiger partial charge in [-0.2, -0.15) is 0 Å². The van der Waals surface area contributed by atoms with E-state index in [0.29, 0.717) is 0 Å². The van der Waals surface area contributed by atoms with E-state index in [9.17, 15) is 9.59 Å². The SMILES string of the molecule is CC(C)(C)OC(=O)CC(=O)C[C@@H](CCl)O[Si](C)(C)C. The van der Waals surface area contributed by atoms with Crippen LogP contribution in [0.2, 0.25) is 19.6 Å². The third-order valence-electron chi connectivity index (χ3n) is 1.91. The molecule has 0 spiro atoms. The fourth-order valence-electron chi connectivity index (χ4n) is 1.49. The predicted octanol–water partition coefficient (Wildman–Crippen LogP) is 3.14. The average Bonchev–Trinajstić information content (AvgIpc) is 2.10. The first-order valence-electron chi connectivity index (χ1n) is 6.40. The summed E-state index contributed by atoms with van der Waals surface area (Å²) in [6.45, 7) is 11.4. The Morgan fingerprint density at radius 2 is 1.74 bits per heavy atom. The lowest BCUT2D eigenvalue weighted by molar-refractivity contribution is -0.156. The zero-order valence-electron chi connectivity index (χ0n) is 12.7. The molecule has 0 N–H and O–H groups in total. The minimum absolute atomic E-state index is 0.160. The van der Waals surface area contributed by atoms with Crippen LogP contribution >= 0.6 is 11.6 Å². The van der Waals surface area contributed by atoms with Gasteiger partial charge in [0, 0.05) is 12.3 Å². The summed E-state index contributed by atoms with van der Waals surface area (Å²) < 4.78 is 10.9. The highest BCUT2D eigenvalue weighted by atomic mass is 35.5. The summed E-state index contributed by atoms with van der Waals surface area (Å²) in [7, 11) is -1.74. The fourth-order valence-corrected chi connectivity index (χ4v) is 2.94. The number of esters is 1. The smallest absolute Gasteiger partial charge is 0.313 e. The van der Waals surface area contributed by atoms with Crippen molar-refractivity contribution in [3.05, 3.63) is 0 Å². The van der Waals surface area contributed by atoms with Crippen molar-refractivity contribution < 1.29 is 18.8 Å². The number of hydrogen-bond donors (Lipinski definition) is 0. The van der Waals surface area contributed by atoms with Crippen molar-refractivity contribution in [2.75, 3.05) is 5.88 Å². The van der Waals surface area contributed by atoms with Crippen LogP contribution in [0.1, 0.15) is 33.6 Å². The highest BCUT2D eigenvalue weighted by Crippen LogP contribution is 2.14. The molecule has 0 saturated heterocycles. The first kappa shape index (κ1) is 18.6. The molecule has 0 heterocycles. The van der Waals surface area contributed by atoms with Gasteiger partial charge in [0.2, 0.25) is 0 Å². The predicted molar refractivity (Wildman–Crippen MR) is 79.0 cm³/mol. The molecule has 112 valence electrons. The molecule has 0 aliphatic rings. The van der Waals surface area contributed by atoms with E-state index >= 15 is 0 Å². The lowest BCUT2D eigenvalue weighted by Crippen LogP contribution is -2.35. The summed E-state index contributed by atoms with van der Waals surface area (Å²) in [6.07, 6.45) is -0.379. The molecule has 0 amide bonds. The molecule has 0 saturated carbocycles. The Hall–Kier alpha value is -0.393. The van der Waals surface area contributed by atoms with Crippen molar-refractivity contribution >= 4 is 31.7 Å². The monoisotopic (exact) mass is 308 g/mol. The van der Waals surface area contributed by atoms with E-state index in [1.165, 1.54) is 0 Å². The van der Waals surface area contributed by atoms with Crippen LogP contribution < -0.4 is 0 Å². The highest BCUT2D eigenvalue weighted by molar-refractivity contribution is 6.69. The number of alkyl halides is 1. The van der Waals surface area contributed by atoms with Gasteiger partial charge in [0.1, 0.15) is 17.8 Å². The molecule has 0 aromatic rings. The van der Waals surface area contributed by atoms with Crippen molar-refractivity contribution in [1.29, 1.82) is 0 Å². The highest BCUT2D eigenvalue weighted by Gasteiger charge is 2.25. The Balaban J connectivity index is 4.25. The molecule has 6 heteroatoms. The summed E-state index contributed by atoms with van der Waals surface area (Å²) in [6, 6.07) is 0. The van der Waals surface area contributed by atoms with E-state index in [4.69, 9.17) is 20.8 Å². The Bertz CT molecular complexity index is 318. The zero-order chi connectivity index (χ0) is 15.3. The number of ether oxygens (including phenoxy) is 1. The first-order chi connectivity index (χ1) is 8.43. The van der Waals surface area contributed by atoms with Gasteiger partial charge in [0.15, 0.2) is 8.32 Å². The Kier molecular flexibility index (Phi) is 7.25. The molecular formula is C13H25ClO4Si. The van der Waals surface area contributed by atoms with Gasteiger partial charge in [-0.25, -0.2) is 0 Å². The summed E-state index contributed by atoms with van der Waals surface area (Å²) >= 11 is 5.79. The maximum Gasteiger partial charge on any atom is 0.313 e. The third kappa shape index (κ3) is 11.2. The number of ketones is 1. The zero-order valence-corrected chi connectivity index (χ0v) is 14.5. The number of Topliss-reactive ketones (excluding diaryl/α,β-unsaturated/α-hetero) is 1. The van der Waals surface area contributed by atoms with Gasteiger partial charge in [-0.05, 0) is 40.4 Å². The van der Waals surface area contributed by atoms with Crippen LogP contribution in [0.3, 0.4) is 0 Å². The minimum atomic E-state index is -1.74. The molecule has 0 unspecified atom stereocenters. The molecular weight excluding hydrogens is 284 g/mol. The Morgan fingerprint density at radius 3 is 2.11 bits per heavy atom. The van der Waals surface area contributed by atoms with Crippen LogP contribution in [0, 0.1) is 0 Å². The second-order valence-electron chi connectivity index (χ2n) is 6.51. The molecule has 1 atom stereocenters. The summed E-state index contributed by atoms with van der Waals surface area (Å²) in [5.74, 6) is -0.443. The Morgan fingerprint density at radius 1 is 1.21 bits per heavy atom. The molecule has 0 aromatic carbocycles. The van der Waals surface area contributed by atoms with Crippen LogP contribution in [0.4, 0.5) is 0 Å². The van der Waals surface area contributed by atoms with Gasteiger partial charge in [-0.3, -0.25) is 9.59 Å². The minimum Gasteiger partial charge on any atom is -0.460 e. The number of rotatable bonds is 7. The quantitative estimate of drug-likeness (QED) is 0.314. The van der Waals surface area contributed by atoms with E-state index < -0.39 is 19.9 Å². The van der Waals surface area contributed by atoms with Crippen LogP contribution in [0.5, 0.6) is 0 Å². The first-order valence-corrected chi connectivity index (χ1v) is 10.3. The fraction of sp³-hybridized carbons (Fsp3) is 0.846. The summed E-state index contributed by atoms with van der Waals surface area (Å²) in [5, 5.41) is 0. The largest absolute Gasteiger partial charge is 0.460 e. The number of carbonyl (C=O) groups is 2. The maximum absolute atomic E-state index is 11.8. The lowest BCUT2D eigenvalue weighted by Gasteiger charge is -2.24. The number of carbonyl (C=O) groups excluding carboxylic acids is 2. The summed E-state index contributed by atoms with van der Waals surface area (Å²) in [4.78, 5) is 23.3. The van der Waals surface area contributed by atoms with Gasteiger partial charge in [0.05, 0.1) is 6.10 Å². The topological polar surface area (TPSA) is 52.6 Å². The summed E-state index contributed by atoms with van der Waals surface area (Å²) in [5.41, 5.74) is -0.571. The molecule has 0 radical (unpaired) electrons. The van der Waals surface area contributed by atoms with Crippen molar-refractivity contribution in [3.63, 3.8) is 0 Å². The van der Waals surface area contributed by atoms with Crippen LogP contribution in [0.25, 0.3) is 0 Å². The molecule has 19 heavy (non-hydrogen) atoms. The molecule has 0 aliphatic carbocycles. The van der Waals surface area contributed by atoms with Gasteiger partial charge in [0.25, 0.3) is 0 Å². The van der Waals surface area contributed by atoms with E-state index in [2.05, 4.69) is 0 Å². The lowest BCUT2D eigenvalue weighted by atomic mass is 10.1. The van der Waals surface area contributed by atoms with Crippen LogP contribution in [-0.2, 0) is 18.8 Å². The van der Waals surface area contributed by atoms with Crippen LogP contribution in [-0.4, -0.2) is 37.7 Å². The Labute approximate surface area is 121 Å². The second-order valence-corrected chi connectivity index (χ2v) is 11.3. The van der Waals surface area contributed by atoms with Gasteiger partial charge >= 0.3 is 5.97 Å². The van der Waals surface area contributed by atoms with E-state index in [0.717, 1.165) is 0 Å². The molecule has 0 rings (SSSR count). The molecule has 0 aromatic heterocycles. The number of hydrogen-bond acceptors (Lipinski definition) is 4. The second kappa shape index (κ2) is 7.41. The van der Waals surface area contributed by atoms with Crippen molar-refractivity contribution in [3.8, 4) is 0 Å². The molecule has 4 nitrogen and oxygen atoms in total. The normalized spacial score (nSPS) is 14.1. The molecule has 0 fully saturated rings. The van der Waals surface area contributed by atoms with Crippen LogP contribution in [0.15, 0.2) is 0 Å². The van der Waals surface area contributed by atoms with E-state index in [-0.39, 0.29) is 30.6 Å². The van der Waals surface area contributed by atoms with Gasteiger partial charge < -0.3 is 9.16 Å². The van der Waals surface area contributed by atoms with Crippen molar-refractivity contribution in [1.82, 2.24) is 0 Å². The van der Waals surface area contributed by atoms with Gasteiger partial charge in [-0.15, -0.1) is 11.6 Å². The third-order valence-corrected chi connectivity index (χ3v) is 3.29. The van der Waals surface area contributed by atoms with E-state index in [1.54, 1.807) is 20.8 Å². The number of halogens is 1. The van der Waals surface area contributed by atoms with E-state index in [1.807, 2.05) is 19.6 Å². The standard InChI is InChI=1S/C13H25ClO4Si/c1-13(2,3)17-12(16)8-10(15)7-11(9-14)18-19(4,5)6/h11H,7-9H2,1-6H3/t11-/m0/s1. The maximum atomic E-state index is 11.8. The average molecular weight is 309 g/mol.